The molecular weight excluding hydrogens is 430 g/mol. The molecule has 0 aliphatic carbocycles. The average molecular weight is 462 g/mol. The molecule has 0 heterocycles. The van der Waals surface area contributed by atoms with Gasteiger partial charge in [-0.25, -0.2) is 13.2 Å². The Morgan fingerprint density at radius 3 is 2.03 bits per heavy atom. The van der Waals surface area contributed by atoms with Crippen LogP contribution in [0.2, 0.25) is 0 Å². The van der Waals surface area contributed by atoms with Crippen molar-refractivity contribution in [2.24, 2.45) is 0 Å². The molecule has 174 valence electrons. The average Bonchev–Trinajstić information content (AvgIpc) is 2.74. The van der Waals surface area contributed by atoms with Crippen LogP contribution in [-0.4, -0.2) is 45.0 Å². The van der Waals surface area contributed by atoms with Crippen LogP contribution in [-0.2, 0) is 29.5 Å². The lowest BCUT2D eigenvalue weighted by Crippen LogP contribution is -2.49. The summed E-state index contributed by atoms with van der Waals surface area (Å²) in [5.74, 6) is -0.911. The Hall–Kier alpha value is -2.87. The fourth-order valence-corrected chi connectivity index (χ4v) is 4.67. The van der Waals surface area contributed by atoms with Crippen molar-refractivity contribution in [3.63, 3.8) is 0 Å². The van der Waals surface area contributed by atoms with E-state index in [0.29, 0.717) is 5.56 Å². The number of hydrogen-bond acceptors (Lipinski definition) is 6. The zero-order valence-corrected chi connectivity index (χ0v) is 19.8. The molecule has 1 N–H and O–H groups in total. The van der Waals surface area contributed by atoms with Crippen LogP contribution >= 0.6 is 0 Å². The van der Waals surface area contributed by atoms with Crippen molar-refractivity contribution < 1.29 is 27.5 Å². The molecule has 7 nitrogen and oxygen atoms in total. The van der Waals surface area contributed by atoms with Gasteiger partial charge < -0.3 is 14.8 Å². The molecule has 1 unspecified atom stereocenters. The molecular formula is C24H31NO6S. The van der Waals surface area contributed by atoms with E-state index < -0.39 is 32.9 Å². The van der Waals surface area contributed by atoms with Gasteiger partial charge in [0.25, 0.3) is 0 Å². The number of sulfone groups is 1. The van der Waals surface area contributed by atoms with E-state index in [1.165, 1.54) is 12.1 Å². The zero-order valence-electron chi connectivity index (χ0n) is 19.0. The molecule has 0 bridgehead atoms. The molecule has 0 radical (unpaired) electrons. The van der Waals surface area contributed by atoms with Crippen molar-refractivity contribution in [1.82, 2.24) is 5.32 Å². The third-order valence-corrected chi connectivity index (χ3v) is 6.56. The van der Waals surface area contributed by atoms with E-state index in [9.17, 15) is 18.0 Å². The number of carbonyl (C=O) groups is 2. The third kappa shape index (κ3) is 6.82. The predicted molar refractivity (Wildman–Crippen MR) is 122 cm³/mol. The maximum absolute atomic E-state index is 13.2. The fourth-order valence-electron chi connectivity index (χ4n) is 3.24. The maximum Gasteiger partial charge on any atom is 0.407 e. The van der Waals surface area contributed by atoms with Gasteiger partial charge in [-0.15, -0.1) is 0 Å². The van der Waals surface area contributed by atoms with Crippen molar-refractivity contribution in [2.45, 2.75) is 50.0 Å². The quantitative estimate of drug-likeness (QED) is 0.569. The summed E-state index contributed by atoms with van der Waals surface area (Å²) >= 11 is 0. The summed E-state index contributed by atoms with van der Waals surface area (Å²) in [6.45, 7) is 6.81. The molecule has 1 amide bonds. The van der Waals surface area contributed by atoms with Crippen LogP contribution in [0.25, 0.3) is 0 Å². The van der Waals surface area contributed by atoms with Crippen LogP contribution in [0.4, 0.5) is 4.79 Å². The van der Waals surface area contributed by atoms with Gasteiger partial charge in [-0.05, 0) is 51.8 Å². The standard InChI is InChI=1S/C24H31NO6S/c1-5-30-21(26)24(19-12-8-6-9-13-19,18-25-22(27)31-23(2,3)4)16-17-32(28,29)20-14-10-7-11-15-20/h6-15H,5,16-18H2,1-4H3,(H,25,27). The molecule has 2 aromatic rings. The van der Waals surface area contributed by atoms with E-state index in [1.807, 2.05) is 0 Å². The van der Waals surface area contributed by atoms with E-state index in [2.05, 4.69) is 5.32 Å². The van der Waals surface area contributed by atoms with Crippen molar-refractivity contribution in [2.75, 3.05) is 18.9 Å². The molecule has 0 aliphatic rings. The van der Waals surface area contributed by atoms with Crippen LogP contribution in [0.1, 0.15) is 39.7 Å². The lowest BCUT2D eigenvalue weighted by Gasteiger charge is -2.32. The maximum atomic E-state index is 13.2. The SMILES string of the molecule is CCOC(=O)C(CCS(=O)(=O)c1ccccc1)(CNC(=O)OC(C)(C)C)c1ccccc1. The Labute approximate surface area is 190 Å². The van der Waals surface area contributed by atoms with Gasteiger partial charge in [0.2, 0.25) is 0 Å². The lowest BCUT2D eigenvalue weighted by atomic mass is 9.78. The van der Waals surface area contributed by atoms with Crippen LogP contribution in [0.5, 0.6) is 0 Å². The molecule has 0 aromatic heterocycles. The summed E-state index contributed by atoms with van der Waals surface area (Å²) in [7, 11) is -3.67. The highest BCUT2D eigenvalue weighted by atomic mass is 32.2. The second-order valence-corrected chi connectivity index (χ2v) is 10.5. The van der Waals surface area contributed by atoms with Gasteiger partial charge >= 0.3 is 12.1 Å². The monoisotopic (exact) mass is 461 g/mol. The van der Waals surface area contributed by atoms with Crippen molar-refractivity contribution >= 4 is 21.9 Å². The molecule has 0 saturated carbocycles. The number of carbonyl (C=O) groups excluding carboxylic acids is 2. The summed E-state index contributed by atoms with van der Waals surface area (Å²) in [6, 6.07) is 16.8. The van der Waals surface area contributed by atoms with Gasteiger partial charge in [0.05, 0.1) is 17.3 Å². The molecule has 1 atom stereocenters. The van der Waals surface area contributed by atoms with E-state index >= 15 is 0 Å². The number of esters is 1. The fraction of sp³-hybridized carbons (Fsp3) is 0.417. The first kappa shape index (κ1) is 25.4. The highest BCUT2D eigenvalue weighted by Crippen LogP contribution is 2.31. The number of nitrogens with one attached hydrogen (secondary N) is 1. The summed E-state index contributed by atoms with van der Waals surface area (Å²) in [6.07, 6.45) is -0.781. The molecule has 32 heavy (non-hydrogen) atoms. The van der Waals surface area contributed by atoms with Crippen LogP contribution in [0.3, 0.4) is 0 Å². The van der Waals surface area contributed by atoms with E-state index in [-0.39, 0.29) is 30.2 Å². The Balaban J connectivity index is 2.41. The molecule has 2 rings (SSSR count). The highest BCUT2D eigenvalue weighted by Gasteiger charge is 2.43. The van der Waals surface area contributed by atoms with Crippen molar-refractivity contribution in [1.29, 1.82) is 0 Å². The van der Waals surface area contributed by atoms with Gasteiger partial charge in [-0.3, -0.25) is 4.79 Å². The van der Waals surface area contributed by atoms with Crippen molar-refractivity contribution in [3.8, 4) is 0 Å². The largest absolute Gasteiger partial charge is 0.465 e. The minimum Gasteiger partial charge on any atom is -0.465 e. The van der Waals surface area contributed by atoms with E-state index in [4.69, 9.17) is 9.47 Å². The first-order valence-corrected chi connectivity index (χ1v) is 12.1. The number of rotatable bonds is 9. The van der Waals surface area contributed by atoms with Gasteiger partial charge in [0, 0.05) is 6.54 Å². The number of benzene rings is 2. The highest BCUT2D eigenvalue weighted by molar-refractivity contribution is 7.91. The molecule has 0 fully saturated rings. The third-order valence-electron chi connectivity index (χ3n) is 4.83. The number of hydrogen-bond donors (Lipinski definition) is 1. The van der Waals surface area contributed by atoms with Crippen LogP contribution in [0.15, 0.2) is 65.6 Å². The van der Waals surface area contributed by atoms with Crippen molar-refractivity contribution in [3.05, 3.63) is 66.2 Å². The number of alkyl carbamates (subject to hydrolysis) is 1. The summed E-state index contributed by atoms with van der Waals surface area (Å²) in [4.78, 5) is 25.7. The Kier molecular flexibility index (Phi) is 8.44. The van der Waals surface area contributed by atoms with Gasteiger partial charge in [0.1, 0.15) is 11.0 Å². The second kappa shape index (κ2) is 10.6. The second-order valence-electron chi connectivity index (χ2n) is 8.41. The molecule has 2 aromatic carbocycles. The summed E-state index contributed by atoms with van der Waals surface area (Å²) in [5.41, 5.74) is -1.58. The van der Waals surface area contributed by atoms with Gasteiger partial charge in [-0.1, -0.05) is 48.5 Å². The summed E-state index contributed by atoms with van der Waals surface area (Å²) in [5, 5.41) is 2.64. The Morgan fingerprint density at radius 1 is 0.938 bits per heavy atom. The molecule has 8 heteroatoms. The Bertz CT molecular complexity index is 1000. The molecule has 0 aliphatic heterocycles. The first-order chi connectivity index (χ1) is 15.0. The summed E-state index contributed by atoms with van der Waals surface area (Å²) < 4.78 is 36.5. The topological polar surface area (TPSA) is 98.8 Å². The van der Waals surface area contributed by atoms with E-state index in [1.54, 1.807) is 76.2 Å². The minimum atomic E-state index is -3.67. The predicted octanol–water partition coefficient (Wildman–Crippen LogP) is 3.88. The first-order valence-electron chi connectivity index (χ1n) is 10.5. The number of ether oxygens (including phenoxy) is 2. The smallest absolute Gasteiger partial charge is 0.407 e. The minimum absolute atomic E-state index is 0.0805. The lowest BCUT2D eigenvalue weighted by molar-refractivity contribution is -0.150. The van der Waals surface area contributed by atoms with Gasteiger partial charge in [0.15, 0.2) is 9.84 Å². The van der Waals surface area contributed by atoms with Crippen LogP contribution < -0.4 is 5.32 Å². The molecule has 0 saturated heterocycles. The molecule has 0 spiro atoms. The van der Waals surface area contributed by atoms with Crippen LogP contribution in [0, 0.1) is 0 Å². The normalized spacial score (nSPS) is 13.6. The Morgan fingerprint density at radius 2 is 1.50 bits per heavy atom. The van der Waals surface area contributed by atoms with E-state index in [0.717, 1.165) is 0 Å². The van der Waals surface area contributed by atoms with Gasteiger partial charge in [-0.2, -0.15) is 0 Å². The number of amides is 1. The zero-order chi connectivity index (χ0) is 23.8.